The zero-order valence-corrected chi connectivity index (χ0v) is 26.1. The van der Waals surface area contributed by atoms with Crippen molar-refractivity contribution in [2.45, 2.75) is 105 Å². The quantitative estimate of drug-likeness (QED) is 0.120. The number of unbranched alkanes of at least 4 members (excludes halogenated alkanes) is 3. The number of aliphatic hydroxyl groups is 2. The summed E-state index contributed by atoms with van der Waals surface area (Å²) in [5.74, 6) is -1.41. The number of nitrogens with zero attached hydrogens (tertiary/aromatic N) is 2. The molecule has 0 atom stereocenters. The van der Waals surface area contributed by atoms with Crippen LogP contribution < -0.4 is 0 Å². The van der Waals surface area contributed by atoms with Crippen LogP contribution in [0.5, 0.6) is 0 Å². The Morgan fingerprint density at radius 2 is 1.00 bits per heavy atom. The van der Waals surface area contributed by atoms with E-state index in [4.69, 9.17) is 0 Å². The van der Waals surface area contributed by atoms with Crippen molar-refractivity contribution in [1.82, 2.24) is 0 Å². The van der Waals surface area contributed by atoms with Crippen molar-refractivity contribution in [1.29, 1.82) is 0 Å². The van der Waals surface area contributed by atoms with Crippen LogP contribution in [0.4, 0.5) is 0 Å². The number of carbonyl (C=O) groups is 4. The van der Waals surface area contributed by atoms with Crippen molar-refractivity contribution >= 4 is 34.9 Å². The number of aliphatic imine (C=N–C) groups is 2. The smallest absolute Gasteiger partial charge is 0.305 e. The molecule has 10 heteroatoms. The second-order valence-electron chi connectivity index (χ2n) is 12.7. The molecule has 0 radical (unpaired) electrons. The summed E-state index contributed by atoms with van der Waals surface area (Å²) in [6, 6.07) is 0. The van der Waals surface area contributed by atoms with Gasteiger partial charge in [-0.3, -0.25) is 29.2 Å². The third kappa shape index (κ3) is 10.8. The van der Waals surface area contributed by atoms with Gasteiger partial charge in [0.2, 0.25) is 0 Å². The van der Waals surface area contributed by atoms with Gasteiger partial charge < -0.3 is 19.7 Å². The highest BCUT2D eigenvalue weighted by atomic mass is 16.5. The zero-order valence-electron chi connectivity index (χ0n) is 26.1. The van der Waals surface area contributed by atoms with E-state index in [0.29, 0.717) is 50.2 Å². The molecule has 42 heavy (non-hydrogen) atoms. The molecule has 0 aromatic carbocycles. The van der Waals surface area contributed by atoms with Crippen LogP contribution >= 0.6 is 0 Å². The van der Waals surface area contributed by atoms with Gasteiger partial charge in [0.25, 0.3) is 0 Å². The number of hydrogen-bond acceptors (Lipinski definition) is 10. The Balaban J connectivity index is 1.97. The van der Waals surface area contributed by atoms with Gasteiger partial charge in [-0.25, -0.2) is 0 Å². The Hall–Kier alpha value is -3.30. The van der Waals surface area contributed by atoms with Crippen molar-refractivity contribution in [3.05, 3.63) is 22.7 Å². The molecule has 0 aliphatic heterocycles. The van der Waals surface area contributed by atoms with E-state index in [9.17, 15) is 29.4 Å². The SMILES string of the molecule is COC(=O)CC/C(O)=C1\C(=O)CC(C)(C)CC1=NCCCCCCN=C1CC(C)(C)CC(=O)/C1=C(/O)CCC(=O)OC. The summed E-state index contributed by atoms with van der Waals surface area (Å²) in [5.41, 5.74) is 1.19. The van der Waals surface area contributed by atoms with Gasteiger partial charge in [0.15, 0.2) is 11.6 Å². The largest absolute Gasteiger partial charge is 0.511 e. The van der Waals surface area contributed by atoms with Crippen LogP contribution in [-0.2, 0) is 28.7 Å². The maximum Gasteiger partial charge on any atom is 0.305 e. The van der Waals surface area contributed by atoms with Gasteiger partial charge in [0.1, 0.15) is 11.5 Å². The van der Waals surface area contributed by atoms with E-state index >= 15 is 0 Å². The Morgan fingerprint density at radius 3 is 1.33 bits per heavy atom. The van der Waals surface area contributed by atoms with Gasteiger partial charge >= 0.3 is 11.9 Å². The average Bonchev–Trinajstić information content (AvgIpc) is 2.89. The van der Waals surface area contributed by atoms with Gasteiger partial charge in [-0.15, -0.1) is 0 Å². The molecule has 234 valence electrons. The van der Waals surface area contributed by atoms with E-state index in [2.05, 4.69) is 19.5 Å². The second-order valence-corrected chi connectivity index (χ2v) is 12.7. The van der Waals surface area contributed by atoms with Crippen LogP contribution in [0.15, 0.2) is 32.6 Å². The molecule has 0 unspecified atom stereocenters. The van der Waals surface area contributed by atoms with Gasteiger partial charge in [0.05, 0.1) is 38.2 Å². The van der Waals surface area contributed by atoms with Crippen LogP contribution in [0.25, 0.3) is 0 Å². The normalized spacial score (nSPS) is 22.7. The minimum Gasteiger partial charge on any atom is -0.511 e. The maximum atomic E-state index is 12.8. The average molecular weight is 589 g/mol. The number of carbonyl (C=O) groups excluding carboxylic acids is 4. The molecule has 0 saturated heterocycles. The number of ether oxygens (including phenoxy) is 2. The Morgan fingerprint density at radius 1 is 0.643 bits per heavy atom. The van der Waals surface area contributed by atoms with Gasteiger partial charge in [-0.1, -0.05) is 40.5 Å². The number of Topliss-reactive ketones (excluding diaryl/α,β-unsaturated/α-hetero) is 2. The lowest BCUT2D eigenvalue weighted by atomic mass is 9.73. The fraction of sp³-hybridized carbons (Fsp3) is 0.688. The van der Waals surface area contributed by atoms with Crippen LogP contribution in [0.2, 0.25) is 0 Å². The summed E-state index contributed by atoms with van der Waals surface area (Å²) in [5, 5.41) is 21.2. The molecule has 0 heterocycles. The lowest BCUT2D eigenvalue weighted by Gasteiger charge is -2.31. The maximum absolute atomic E-state index is 12.8. The summed E-state index contributed by atoms with van der Waals surface area (Å²) < 4.78 is 9.28. The number of hydrogen-bond donors (Lipinski definition) is 2. The first-order valence-corrected chi connectivity index (χ1v) is 14.8. The third-order valence-corrected chi connectivity index (χ3v) is 7.54. The standard InChI is InChI=1S/C32H48N2O8/c1-31(2)17-21(29(25(37)19-31)23(35)11-13-27(39)41-5)33-15-9-7-8-10-16-34-22-18-32(3,4)20-26(38)30(22)24(36)12-14-28(40)42-6/h35-36H,7-20H2,1-6H3/b29-23+,30-24+,33-21?,34-22?. The third-order valence-electron chi connectivity index (χ3n) is 7.54. The number of esters is 2. The molecule has 0 aromatic heterocycles. The molecule has 10 nitrogen and oxygen atoms in total. The molecule has 2 rings (SSSR count). The molecule has 2 aliphatic rings. The van der Waals surface area contributed by atoms with Crippen molar-refractivity contribution < 1.29 is 38.9 Å². The van der Waals surface area contributed by atoms with Gasteiger partial charge in [-0.2, -0.15) is 0 Å². The first kappa shape index (κ1) is 34.9. The van der Waals surface area contributed by atoms with E-state index in [-0.39, 0.29) is 70.7 Å². The first-order valence-electron chi connectivity index (χ1n) is 14.8. The Labute approximate surface area is 249 Å². The molecule has 2 fully saturated rings. The van der Waals surface area contributed by atoms with E-state index < -0.39 is 11.9 Å². The predicted molar refractivity (Wildman–Crippen MR) is 161 cm³/mol. The zero-order chi connectivity index (χ0) is 31.5. The number of methoxy groups -OCH3 is 2. The molecular formula is C32H48N2O8. The topological polar surface area (TPSA) is 152 Å². The van der Waals surface area contributed by atoms with E-state index in [1.165, 1.54) is 14.2 Å². The van der Waals surface area contributed by atoms with Crippen LogP contribution in [-0.4, -0.2) is 72.5 Å². The van der Waals surface area contributed by atoms with Gasteiger partial charge in [0, 0.05) is 50.2 Å². The predicted octanol–water partition coefficient (Wildman–Crippen LogP) is 5.74. The molecule has 0 bridgehead atoms. The minimum atomic E-state index is -0.448. The first-order chi connectivity index (χ1) is 19.7. The number of ketones is 2. The molecule has 0 aromatic rings. The van der Waals surface area contributed by atoms with E-state index in [0.717, 1.165) is 25.7 Å². The lowest BCUT2D eigenvalue weighted by Crippen LogP contribution is -2.33. The fourth-order valence-corrected chi connectivity index (χ4v) is 5.40. The molecule has 2 aliphatic carbocycles. The molecular weight excluding hydrogens is 540 g/mol. The summed E-state index contributed by atoms with van der Waals surface area (Å²) in [6.45, 7) is 9.06. The highest BCUT2D eigenvalue weighted by Crippen LogP contribution is 2.37. The highest BCUT2D eigenvalue weighted by molar-refractivity contribution is 6.25. The van der Waals surface area contributed by atoms with Crippen molar-refractivity contribution in [2.24, 2.45) is 20.8 Å². The highest BCUT2D eigenvalue weighted by Gasteiger charge is 2.37. The summed E-state index contributed by atoms with van der Waals surface area (Å²) >= 11 is 0. The van der Waals surface area contributed by atoms with Crippen molar-refractivity contribution in [2.75, 3.05) is 27.3 Å². The van der Waals surface area contributed by atoms with E-state index in [1.807, 2.05) is 27.7 Å². The molecule has 0 spiro atoms. The van der Waals surface area contributed by atoms with Crippen molar-refractivity contribution in [3.8, 4) is 0 Å². The second kappa shape index (κ2) is 15.8. The summed E-state index contributed by atoms with van der Waals surface area (Å²) in [4.78, 5) is 58.0. The monoisotopic (exact) mass is 588 g/mol. The van der Waals surface area contributed by atoms with Crippen LogP contribution in [0, 0.1) is 10.8 Å². The molecule has 0 amide bonds. The Bertz CT molecular complexity index is 1070. The number of allylic oxidation sites excluding steroid dienone is 4. The van der Waals surface area contributed by atoms with E-state index in [1.54, 1.807) is 0 Å². The van der Waals surface area contributed by atoms with Crippen LogP contribution in [0.1, 0.15) is 105 Å². The number of rotatable bonds is 13. The Kier molecular flexibility index (Phi) is 13.1. The van der Waals surface area contributed by atoms with Crippen LogP contribution in [0.3, 0.4) is 0 Å². The molecule has 2 saturated carbocycles. The number of aliphatic hydroxyl groups excluding tert-OH is 2. The molecule has 2 N–H and O–H groups in total. The lowest BCUT2D eigenvalue weighted by molar-refractivity contribution is -0.141. The minimum absolute atomic E-state index is 0.00394. The summed E-state index contributed by atoms with van der Waals surface area (Å²) in [7, 11) is 2.57. The summed E-state index contributed by atoms with van der Waals surface area (Å²) in [6.07, 6.45) is 5.24. The van der Waals surface area contributed by atoms with Gasteiger partial charge in [-0.05, 0) is 36.5 Å². The fourth-order valence-electron chi connectivity index (χ4n) is 5.40. The van der Waals surface area contributed by atoms with Crippen molar-refractivity contribution in [3.63, 3.8) is 0 Å².